The summed E-state index contributed by atoms with van der Waals surface area (Å²) in [5.74, 6) is 0.118. The Bertz CT molecular complexity index is 628. The zero-order valence-electron chi connectivity index (χ0n) is 10.9. The van der Waals surface area contributed by atoms with Gasteiger partial charge < -0.3 is 15.2 Å². The standard InChI is InChI=1S/C15H14ClNO3/c1-2-20-12-5-3-4-11(9-12)17-15(19)13-8-10(16)6-7-14(13)18/h3-9,18H,2H2,1H3,(H,17,19). The van der Waals surface area contributed by atoms with Gasteiger partial charge in [-0.15, -0.1) is 0 Å². The number of aromatic hydroxyl groups is 1. The van der Waals surface area contributed by atoms with Crippen LogP contribution in [0.4, 0.5) is 5.69 Å². The fourth-order valence-electron chi connectivity index (χ4n) is 1.72. The van der Waals surface area contributed by atoms with E-state index in [1.807, 2.05) is 6.92 Å². The zero-order chi connectivity index (χ0) is 14.5. The topological polar surface area (TPSA) is 58.6 Å². The Morgan fingerprint density at radius 1 is 1.30 bits per heavy atom. The van der Waals surface area contributed by atoms with E-state index in [0.717, 1.165) is 0 Å². The largest absolute Gasteiger partial charge is 0.507 e. The number of rotatable bonds is 4. The molecule has 5 heteroatoms. The van der Waals surface area contributed by atoms with Crippen molar-refractivity contribution in [3.63, 3.8) is 0 Å². The van der Waals surface area contributed by atoms with Crippen molar-refractivity contribution in [2.24, 2.45) is 0 Å². The molecule has 0 saturated heterocycles. The van der Waals surface area contributed by atoms with Crippen molar-refractivity contribution in [1.29, 1.82) is 0 Å². The van der Waals surface area contributed by atoms with Crippen LogP contribution in [0.3, 0.4) is 0 Å². The van der Waals surface area contributed by atoms with Crippen molar-refractivity contribution in [3.05, 3.63) is 53.1 Å². The molecule has 0 aliphatic carbocycles. The van der Waals surface area contributed by atoms with Crippen molar-refractivity contribution in [2.75, 3.05) is 11.9 Å². The predicted molar refractivity (Wildman–Crippen MR) is 78.7 cm³/mol. The van der Waals surface area contributed by atoms with Crippen LogP contribution in [0.5, 0.6) is 11.5 Å². The van der Waals surface area contributed by atoms with Gasteiger partial charge in [-0.1, -0.05) is 17.7 Å². The highest BCUT2D eigenvalue weighted by molar-refractivity contribution is 6.31. The van der Waals surface area contributed by atoms with E-state index in [0.29, 0.717) is 23.1 Å². The number of phenolic OH excluding ortho intramolecular Hbond substituents is 1. The molecule has 2 aromatic carbocycles. The number of benzene rings is 2. The maximum absolute atomic E-state index is 12.1. The van der Waals surface area contributed by atoms with Crippen LogP contribution in [0.15, 0.2) is 42.5 Å². The summed E-state index contributed by atoms with van der Waals surface area (Å²) in [6, 6.07) is 11.3. The minimum absolute atomic E-state index is 0.118. The minimum Gasteiger partial charge on any atom is -0.507 e. The average molecular weight is 292 g/mol. The smallest absolute Gasteiger partial charge is 0.259 e. The highest BCUT2D eigenvalue weighted by Crippen LogP contribution is 2.23. The van der Waals surface area contributed by atoms with Crippen molar-refractivity contribution in [2.45, 2.75) is 6.92 Å². The first kappa shape index (κ1) is 14.2. The lowest BCUT2D eigenvalue weighted by Crippen LogP contribution is -2.12. The highest BCUT2D eigenvalue weighted by atomic mass is 35.5. The van der Waals surface area contributed by atoms with Gasteiger partial charge in [-0.3, -0.25) is 4.79 Å². The monoisotopic (exact) mass is 291 g/mol. The molecule has 104 valence electrons. The first-order chi connectivity index (χ1) is 9.60. The van der Waals surface area contributed by atoms with Gasteiger partial charge in [0.25, 0.3) is 5.91 Å². The average Bonchev–Trinajstić information content (AvgIpc) is 2.42. The number of nitrogens with one attached hydrogen (secondary N) is 1. The van der Waals surface area contributed by atoms with E-state index in [4.69, 9.17) is 16.3 Å². The van der Waals surface area contributed by atoms with Gasteiger partial charge in [-0.05, 0) is 37.3 Å². The summed E-state index contributed by atoms with van der Waals surface area (Å²) in [5.41, 5.74) is 0.708. The number of hydrogen-bond donors (Lipinski definition) is 2. The van der Waals surface area contributed by atoms with Crippen LogP contribution < -0.4 is 10.1 Å². The molecule has 0 atom stereocenters. The summed E-state index contributed by atoms with van der Waals surface area (Å²) in [7, 11) is 0. The fraction of sp³-hybridized carbons (Fsp3) is 0.133. The van der Waals surface area contributed by atoms with E-state index < -0.39 is 5.91 Å². The Balaban J connectivity index is 2.19. The quantitative estimate of drug-likeness (QED) is 0.903. The van der Waals surface area contributed by atoms with E-state index in [-0.39, 0.29) is 11.3 Å². The molecule has 1 amide bonds. The van der Waals surface area contributed by atoms with Crippen LogP contribution in [-0.2, 0) is 0 Å². The first-order valence-corrected chi connectivity index (χ1v) is 6.50. The number of hydrogen-bond acceptors (Lipinski definition) is 3. The van der Waals surface area contributed by atoms with Gasteiger partial charge in [0, 0.05) is 16.8 Å². The van der Waals surface area contributed by atoms with Crippen LogP contribution in [0.1, 0.15) is 17.3 Å². The molecule has 2 aromatic rings. The van der Waals surface area contributed by atoms with Gasteiger partial charge in [0.15, 0.2) is 0 Å². The number of anilines is 1. The van der Waals surface area contributed by atoms with Gasteiger partial charge >= 0.3 is 0 Å². The summed E-state index contributed by atoms with van der Waals surface area (Å²) in [5, 5.41) is 12.8. The lowest BCUT2D eigenvalue weighted by Gasteiger charge is -2.09. The van der Waals surface area contributed by atoms with Crippen molar-refractivity contribution < 1.29 is 14.6 Å². The molecule has 0 heterocycles. The van der Waals surface area contributed by atoms with Gasteiger partial charge in [0.05, 0.1) is 12.2 Å². The molecule has 0 aromatic heterocycles. The molecule has 0 aliphatic heterocycles. The minimum atomic E-state index is -0.432. The maximum Gasteiger partial charge on any atom is 0.259 e. The molecule has 2 rings (SSSR count). The molecule has 0 aliphatic rings. The van der Waals surface area contributed by atoms with Crippen molar-refractivity contribution in [1.82, 2.24) is 0 Å². The predicted octanol–water partition coefficient (Wildman–Crippen LogP) is 3.70. The number of phenols is 1. The van der Waals surface area contributed by atoms with Crippen molar-refractivity contribution in [3.8, 4) is 11.5 Å². The van der Waals surface area contributed by atoms with E-state index in [9.17, 15) is 9.90 Å². The van der Waals surface area contributed by atoms with Crippen molar-refractivity contribution >= 4 is 23.2 Å². The molecule has 0 spiro atoms. The Morgan fingerprint density at radius 2 is 2.10 bits per heavy atom. The normalized spacial score (nSPS) is 10.1. The lowest BCUT2D eigenvalue weighted by molar-refractivity contribution is 0.102. The molecule has 20 heavy (non-hydrogen) atoms. The molecule has 2 N–H and O–H groups in total. The molecule has 0 unspecified atom stereocenters. The first-order valence-electron chi connectivity index (χ1n) is 6.13. The summed E-state index contributed by atoms with van der Waals surface area (Å²) < 4.78 is 5.35. The second kappa shape index (κ2) is 6.30. The summed E-state index contributed by atoms with van der Waals surface area (Å²) >= 11 is 5.82. The van der Waals surface area contributed by atoms with Crippen LogP contribution in [0.2, 0.25) is 5.02 Å². The molecule has 0 saturated carbocycles. The fourth-order valence-corrected chi connectivity index (χ4v) is 1.89. The number of ether oxygens (including phenoxy) is 1. The van der Waals surface area contributed by atoms with Gasteiger partial charge in [-0.2, -0.15) is 0 Å². The summed E-state index contributed by atoms with van der Waals surface area (Å²) in [6.45, 7) is 2.43. The van der Waals surface area contributed by atoms with E-state index >= 15 is 0 Å². The van der Waals surface area contributed by atoms with E-state index in [2.05, 4.69) is 5.32 Å². The Kier molecular flexibility index (Phi) is 4.48. The number of carbonyl (C=O) groups excluding carboxylic acids is 1. The Hall–Kier alpha value is -2.20. The third-order valence-electron chi connectivity index (χ3n) is 2.61. The van der Waals surface area contributed by atoms with Crippen LogP contribution in [-0.4, -0.2) is 17.6 Å². The van der Waals surface area contributed by atoms with Gasteiger partial charge in [-0.25, -0.2) is 0 Å². The van der Waals surface area contributed by atoms with E-state index in [1.54, 1.807) is 24.3 Å². The summed E-state index contributed by atoms with van der Waals surface area (Å²) in [4.78, 5) is 12.1. The molecule has 0 radical (unpaired) electrons. The lowest BCUT2D eigenvalue weighted by atomic mass is 10.2. The third kappa shape index (κ3) is 3.42. The molecule has 0 bridgehead atoms. The van der Waals surface area contributed by atoms with E-state index in [1.165, 1.54) is 18.2 Å². The number of amides is 1. The molecular weight excluding hydrogens is 278 g/mol. The Labute approximate surface area is 122 Å². The van der Waals surface area contributed by atoms with Crippen LogP contribution in [0, 0.1) is 0 Å². The number of halogens is 1. The second-order valence-electron chi connectivity index (χ2n) is 4.08. The second-order valence-corrected chi connectivity index (χ2v) is 4.51. The SMILES string of the molecule is CCOc1cccc(NC(=O)c2cc(Cl)ccc2O)c1. The summed E-state index contributed by atoms with van der Waals surface area (Å²) in [6.07, 6.45) is 0. The Morgan fingerprint density at radius 3 is 2.85 bits per heavy atom. The number of carbonyl (C=O) groups is 1. The zero-order valence-corrected chi connectivity index (χ0v) is 11.6. The van der Waals surface area contributed by atoms with Gasteiger partial charge in [0.2, 0.25) is 0 Å². The van der Waals surface area contributed by atoms with Gasteiger partial charge in [0.1, 0.15) is 11.5 Å². The molecule has 0 fully saturated rings. The van der Waals surface area contributed by atoms with Crippen LogP contribution in [0.25, 0.3) is 0 Å². The molecular formula is C15H14ClNO3. The third-order valence-corrected chi connectivity index (χ3v) is 2.84. The van der Waals surface area contributed by atoms with Crippen LogP contribution >= 0.6 is 11.6 Å². The maximum atomic E-state index is 12.1. The highest BCUT2D eigenvalue weighted by Gasteiger charge is 2.12. The molecule has 4 nitrogen and oxygen atoms in total.